The molecule has 0 heterocycles. The maximum absolute atomic E-state index is 12.1. The van der Waals surface area contributed by atoms with E-state index >= 15 is 0 Å². The van der Waals surface area contributed by atoms with Gasteiger partial charge in [0, 0.05) is 37.4 Å². The molecular formula is C14H16N5O5P. The summed E-state index contributed by atoms with van der Waals surface area (Å²) in [7, 11) is -3.60. The first-order chi connectivity index (χ1) is 11.7. The molecule has 0 aliphatic rings. The molecule has 2 aromatic carbocycles. The lowest BCUT2D eigenvalue weighted by atomic mass is 10.2. The Kier molecular flexibility index (Phi) is 5.60. The molecule has 0 aliphatic carbocycles. The Morgan fingerprint density at radius 2 is 1.12 bits per heavy atom. The van der Waals surface area contributed by atoms with E-state index in [1.165, 1.54) is 53.2 Å². The Morgan fingerprint density at radius 3 is 1.36 bits per heavy atom. The third-order valence-corrected chi connectivity index (χ3v) is 4.63. The second-order valence-corrected chi connectivity index (χ2v) is 7.25. The van der Waals surface area contributed by atoms with Gasteiger partial charge in [-0.1, -0.05) is 24.3 Å². The highest BCUT2D eigenvalue weighted by Crippen LogP contribution is 2.35. The van der Waals surface area contributed by atoms with Gasteiger partial charge in [-0.25, -0.2) is 4.67 Å². The highest BCUT2D eigenvalue weighted by atomic mass is 31.2. The molecule has 2 aromatic rings. The number of non-ortho nitro benzene ring substituents is 2. The molecule has 0 aromatic heterocycles. The van der Waals surface area contributed by atoms with Crippen LogP contribution in [0.15, 0.2) is 48.5 Å². The second-order valence-electron chi connectivity index (χ2n) is 5.34. The van der Waals surface area contributed by atoms with Gasteiger partial charge in [-0.05, 0) is 11.1 Å². The summed E-state index contributed by atoms with van der Waals surface area (Å²) in [5.74, 6) is 0. The van der Waals surface area contributed by atoms with Crippen molar-refractivity contribution in [2.45, 2.75) is 13.1 Å². The van der Waals surface area contributed by atoms with Crippen LogP contribution in [-0.4, -0.2) is 14.5 Å². The van der Waals surface area contributed by atoms with E-state index in [0.717, 1.165) is 0 Å². The highest BCUT2D eigenvalue weighted by Gasteiger charge is 2.22. The molecule has 0 aliphatic heterocycles. The summed E-state index contributed by atoms with van der Waals surface area (Å²) in [5, 5.41) is 21.3. The number of nitro groups is 2. The van der Waals surface area contributed by atoms with Crippen molar-refractivity contribution in [3.63, 3.8) is 0 Å². The first-order valence-corrected chi connectivity index (χ1v) is 8.86. The third kappa shape index (κ3) is 5.16. The molecule has 4 N–H and O–H groups in total. The molecule has 10 nitrogen and oxygen atoms in total. The Morgan fingerprint density at radius 1 is 0.800 bits per heavy atom. The molecule has 0 radical (unpaired) electrons. The zero-order valence-electron chi connectivity index (χ0n) is 13.0. The number of rotatable bonds is 7. The molecule has 25 heavy (non-hydrogen) atoms. The maximum atomic E-state index is 12.1. The summed E-state index contributed by atoms with van der Waals surface area (Å²) < 4.78 is 13.5. The summed E-state index contributed by atoms with van der Waals surface area (Å²) in [6.07, 6.45) is 0. The minimum atomic E-state index is -3.60. The van der Waals surface area contributed by atoms with Gasteiger partial charge in [0.15, 0.2) is 0 Å². The maximum Gasteiger partial charge on any atom is 0.277 e. The van der Waals surface area contributed by atoms with Crippen molar-refractivity contribution in [3.8, 4) is 0 Å². The van der Waals surface area contributed by atoms with Gasteiger partial charge in [-0.2, -0.15) is 0 Å². The highest BCUT2D eigenvalue weighted by molar-refractivity contribution is 7.56. The molecule has 2 rings (SSSR count). The molecule has 0 atom stereocenters. The fourth-order valence-corrected chi connectivity index (χ4v) is 2.91. The van der Waals surface area contributed by atoms with Crippen molar-refractivity contribution >= 4 is 19.0 Å². The number of nitrogens with zero attached hydrogens (tertiary/aromatic N) is 3. The lowest BCUT2D eigenvalue weighted by Crippen LogP contribution is -2.28. The van der Waals surface area contributed by atoms with Crippen LogP contribution < -0.4 is 11.0 Å². The smallest absolute Gasteiger partial charge is 0.271 e. The SMILES string of the molecule is NP(N)(=O)N(Cc1ccc([N+](=O)[O-])cc1)Cc1ccc([N+](=O)[O-])cc1. The molecule has 0 fully saturated rings. The van der Waals surface area contributed by atoms with Gasteiger partial charge in [0.25, 0.3) is 19.0 Å². The summed E-state index contributed by atoms with van der Waals surface area (Å²) in [4.78, 5) is 20.3. The van der Waals surface area contributed by atoms with Crippen LogP contribution in [0.4, 0.5) is 11.4 Å². The van der Waals surface area contributed by atoms with E-state index in [2.05, 4.69) is 0 Å². The van der Waals surface area contributed by atoms with Crippen molar-refractivity contribution in [3.05, 3.63) is 79.9 Å². The van der Waals surface area contributed by atoms with Crippen LogP contribution in [0, 0.1) is 20.2 Å². The quantitative estimate of drug-likeness (QED) is 0.430. The Hall–Kier alpha value is -2.65. The van der Waals surface area contributed by atoms with E-state index in [-0.39, 0.29) is 24.5 Å². The number of benzene rings is 2. The van der Waals surface area contributed by atoms with Gasteiger partial charge in [-0.3, -0.25) is 35.8 Å². The standard InChI is InChI=1S/C14H16N5O5P/c15-25(16,24)17(9-11-1-5-13(6-2-11)18(20)21)10-12-3-7-14(8-4-12)19(22)23/h1-8H,9-10H2,(H4,15,16,24). The first kappa shape index (κ1) is 18.7. The number of nitrogens with two attached hydrogens (primary N) is 2. The predicted molar refractivity (Wildman–Crippen MR) is 91.4 cm³/mol. The van der Waals surface area contributed by atoms with Gasteiger partial charge in [-0.15, -0.1) is 0 Å². The molecule has 0 amide bonds. The summed E-state index contributed by atoms with van der Waals surface area (Å²) in [6, 6.07) is 11.4. The summed E-state index contributed by atoms with van der Waals surface area (Å²) in [6.45, 7) is 0.221. The number of nitro benzene ring substituents is 2. The molecule has 0 unspecified atom stereocenters. The minimum absolute atomic E-state index is 0.0608. The number of hydrogen-bond donors (Lipinski definition) is 2. The average Bonchev–Trinajstić information content (AvgIpc) is 2.54. The first-order valence-electron chi connectivity index (χ1n) is 7.06. The number of hydrogen-bond acceptors (Lipinski definition) is 5. The van der Waals surface area contributed by atoms with Crippen LogP contribution >= 0.6 is 7.59 Å². The fourth-order valence-electron chi connectivity index (χ4n) is 2.14. The van der Waals surface area contributed by atoms with Crippen molar-refractivity contribution in [1.82, 2.24) is 4.67 Å². The zero-order valence-corrected chi connectivity index (χ0v) is 13.9. The summed E-state index contributed by atoms with van der Waals surface area (Å²) >= 11 is 0. The van der Waals surface area contributed by atoms with Gasteiger partial charge >= 0.3 is 0 Å². The Balaban J connectivity index is 2.17. The van der Waals surface area contributed by atoms with E-state index in [4.69, 9.17) is 11.0 Å². The van der Waals surface area contributed by atoms with E-state index in [1.54, 1.807) is 0 Å². The molecular weight excluding hydrogens is 349 g/mol. The van der Waals surface area contributed by atoms with Crippen molar-refractivity contribution in [1.29, 1.82) is 0 Å². The van der Waals surface area contributed by atoms with Crippen LogP contribution in [-0.2, 0) is 17.7 Å². The monoisotopic (exact) mass is 365 g/mol. The lowest BCUT2D eigenvalue weighted by Gasteiger charge is -2.25. The van der Waals surface area contributed by atoms with Gasteiger partial charge in [0.2, 0.25) is 0 Å². The van der Waals surface area contributed by atoms with E-state index in [0.29, 0.717) is 11.1 Å². The predicted octanol–water partition coefficient (Wildman–Crippen LogP) is 2.53. The van der Waals surface area contributed by atoms with Crippen molar-refractivity contribution < 1.29 is 14.4 Å². The molecule has 0 bridgehead atoms. The van der Waals surface area contributed by atoms with Crippen LogP contribution in [0.25, 0.3) is 0 Å². The van der Waals surface area contributed by atoms with Crippen LogP contribution in [0.1, 0.15) is 11.1 Å². The molecule has 0 saturated heterocycles. The van der Waals surface area contributed by atoms with Gasteiger partial charge in [0.1, 0.15) is 0 Å². The van der Waals surface area contributed by atoms with Crippen LogP contribution in [0.3, 0.4) is 0 Å². The Bertz CT molecular complexity index is 759. The second kappa shape index (κ2) is 7.49. The van der Waals surface area contributed by atoms with E-state index in [1.807, 2.05) is 0 Å². The molecule has 0 saturated carbocycles. The summed E-state index contributed by atoms with van der Waals surface area (Å²) in [5.41, 5.74) is 12.3. The van der Waals surface area contributed by atoms with Gasteiger partial charge in [0.05, 0.1) is 9.85 Å². The minimum Gasteiger partial charge on any atom is -0.271 e. The van der Waals surface area contributed by atoms with Crippen molar-refractivity contribution in [2.75, 3.05) is 0 Å². The average molecular weight is 365 g/mol. The molecule has 0 spiro atoms. The lowest BCUT2D eigenvalue weighted by molar-refractivity contribution is -0.385. The van der Waals surface area contributed by atoms with Gasteiger partial charge < -0.3 is 0 Å². The Labute approximate surface area is 142 Å². The largest absolute Gasteiger partial charge is 0.277 e. The van der Waals surface area contributed by atoms with Crippen LogP contribution in [0.2, 0.25) is 0 Å². The fraction of sp³-hybridized carbons (Fsp3) is 0.143. The normalized spacial score (nSPS) is 11.5. The third-order valence-electron chi connectivity index (χ3n) is 3.47. The van der Waals surface area contributed by atoms with E-state index in [9.17, 15) is 24.8 Å². The van der Waals surface area contributed by atoms with Crippen LogP contribution in [0.5, 0.6) is 0 Å². The topological polar surface area (TPSA) is 159 Å². The van der Waals surface area contributed by atoms with Crippen molar-refractivity contribution in [2.24, 2.45) is 11.0 Å². The van der Waals surface area contributed by atoms with E-state index < -0.39 is 17.4 Å². The zero-order chi connectivity index (χ0) is 18.6. The molecule has 11 heteroatoms. The molecule has 132 valence electrons.